The van der Waals surface area contributed by atoms with Gasteiger partial charge in [-0.1, -0.05) is 18.2 Å². The zero-order valence-corrected chi connectivity index (χ0v) is 26.0. The number of hydrogen-bond acceptors (Lipinski definition) is 11. The van der Waals surface area contributed by atoms with Crippen LogP contribution in [0.4, 0.5) is 5.69 Å². The maximum atomic E-state index is 13.0. The minimum absolute atomic E-state index is 0.0593. The van der Waals surface area contributed by atoms with Crippen LogP contribution in [0.1, 0.15) is 18.2 Å². The molecule has 2 saturated heterocycles. The molecule has 5 unspecified atom stereocenters. The lowest BCUT2D eigenvalue weighted by Crippen LogP contribution is -2.60. The van der Waals surface area contributed by atoms with Crippen molar-refractivity contribution in [1.29, 1.82) is 5.26 Å². The lowest BCUT2D eigenvalue weighted by atomic mass is 9.93. The largest absolute Gasteiger partial charge is 0.396 e. The van der Waals surface area contributed by atoms with E-state index in [1.807, 2.05) is 18.2 Å². The fourth-order valence-electron chi connectivity index (χ4n) is 5.66. The molecule has 12 heteroatoms. The molecule has 0 radical (unpaired) electrons. The first-order valence-electron chi connectivity index (χ1n) is 15.2. The zero-order valence-electron chi connectivity index (χ0n) is 25.2. The molecular weight excluding hydrogens is 596 g/mol. The van der Waals surface area contributed by atoms with Crippen molar-refractivity contribution < 1.29 is 34.7 Å². The number of hydrogen-bond donors (Lipinski definition) is 6. The van der Waals surface area contributed by atoms with Gasteiger partial charge in [0, 0.05) is 54.8 Å². The summed E-state index contributed by atoms with van der Waals surface area (Å²) in [5, 5.41) is 58.0. The maximum Gasteiger partial charge on any atom is 0.262 e. The van der Waals surface area contributed by atoms with E-state index >= 15 is 0 Å². The highest BCUT2D eigenvalue weighted by molar-refractivity contribution is 7.16. The molecule has 2 aromatic carbocycles. The van der Waals surface area contributed by atoms with Gasteiger partial charge in [-0.3, -0.25) is 9.69 Å². The summed E-state index contributed by atoms with van der Waals surface area (Å²) in [5.41, 5.74) is 2.55. The van der Waals surface area contributed by atoms with Crippen LogP contribution < -0.4 is 10.6 Å². The molecule has 6 N–H and O–H groups in total. The highest BCUT2D eigenvalue weighted by Crippen LogP contribution is 2.35. The minimum atomic E-state index is -1.49. The average Bonchev–Trinajstić information content (AvgIpc) is 3.56. The third kappa shape index (κ3) is 7.89. The minimum Gasteiger partial charge on any atom is -0.396 e. The molecule has 2 aliphatic heterocycles. The number of nitrogens with one attached hydrogen (secondary N) is 2. The highest BCUT2D eigenvalue weighted by Gasteiger charge is 2.43. The van der Waals surface area contributed by atoms with E-state index in [0.717, 1.165) is 71.2 Å². The number of benzene rings is 2. The molecule has 3 aromatic rings. The number of carbonyl (C=O) groups is 1. The first-order valence-corrected chi connectivity index (χ1v) is 16.0. The Morgan fingerprint density at radius 3 is 2.51 bits per heavy atom. The number of rotatable bonds is 11. The Hall–Kier alpha value is -3.38. The molecule has 45 heavy (non-hydrogen) atoms. The number of nitrogens with zero attached hydrogens (tertiary/aromatic N) is 2. The molecule has 0 bridgehead atoms. The van der Waals surface area contributed by atoms with Crippen molar-refractivity contribution in [2.45, 2.75) is 43.9 Å². The number of nitriles is 1. The third-order valence-electron chi connectivity index (χ3n) is 8.36. The van der Waals surface area contributed by atoms with E-state index in [9.17, 15) is 30.5 Å². The van der Waals surface area contributed by atoms with Gasteiger partial charge in [0.1, 0.15) is 36.1 Å². The number of ether oxygens (including phenoxy) is 2. The Bertz CT molecular complexity index is 1550. The summed E-state index contributed by atoms with van der Waals surface area (Å²) in [6.45, 7) is 6.62. The summed E-state index contributed by atoms with van der Waals surface area (Å²) >= 11 is 1.48. The topological polar surface area (TPSA) is 168 Å². The van der Waals surface area contributed by atoms with E-state index < -0.39 is 36.4 Å². The van der Waals surface area contributed by atoms with Crippen LogP contribution in [0.15, 0.2) is 54.1 Å². The van der Waals surface area contributed by atoms with E-state index in [-0.39, 0.29) is 25.1 Å². The number of morpholine rings is 1. The van der Waals surface area contributed by atoms with Crippen LogP contribution in [0.25, 0.3) is 26.8 Å². The Labute approximate surface area is 266 Å². The molecule has 0 aliphatic carbocycles. The molecular formula is C33H40N4O7S. The molecule has 11 nitrogen and oxygen atoms in total. The van der Waals surface area contributed by atoms with Gasteiger partial charge in [0.15, 0.2) is 0 Å². The van der Waals surface area contributed by atoms with Gasteiger partial charge in [0.2, 0.25) is 0 Å². The predicted octanol–water partition coefficient (Wildman–Crippen LogP) is 1.96. The predicted molar refractivity (Wildman–Crippen MR) is 173 cm³/mol. The lowest BCUT2D eigenvalue weighted by Gasteiger charge is -2.40. The molecule has 5 rings (SSSR count). The first-order chi connectivity index (χ1) is 21.8. The Morgan fingerprint density at radius 2 is 1.76 bits per heavy atom. The number of anilines is 1. The monoisotopic (exact) mass is 636 g/mol. The van der Waals surface area contributed by atoms with Crippen molar-refractivity contribution in [3.8, 4) is 16.5 Å². The van der Waals surface area contributed by atoms with E-state index in [2.05, 4.69) is 51.9 Å². The van der Waals surface area contributed by atoms with Crippen LogP contribution >= 0.6 is 11.3 Å². The molecule has 0 spiro atoms. The zero-order chi connectivity index (χ0) is 31.9. The third-order valence-corrected chi connectivity index (χ3v) is 9.62. The molecule has 0 saturated carbocycles. The summed E-state index contributed by atoms with van der Waals surface area (Å²) in [7, 11) is 0. The van der Waals surface area contributed by atoms with E-state index in [4.69, 9.17) is 9.47 Å². The Morgan fingerprint density at radius 1 is 1.02 bits per heavy atom. The van der Waals surface area contributed by atoms with Gasteiger partial charge in [-0.2, -0.15) is 5.26 Å². The summed E-state index contributed by atoms with van der Waals surface area (Å²) in [6.07, 6.45) is -6.16. The van der Waals surface area contributed by atoms with Gasteiger partial charge in [0.25, 0.3) is 5.91 Å². The summed E-state index contributed by atoms with van der Waals surface area (Å²) < 4.78 is 11.0. The molecule has 2 aliphatic rings. The van der Waals surface area contributed by atoms with E-state index in [1.54, 1.807) is 6.92 Å². The number of allylic oxidation sites excluding steroid dienone is 1. The summed E-state index contributed by atoms with van der Waals surface area (Å²) in [5.74, 6) is -0.639. The fraction of sp³-hybridized carbons (Fsp3) is 0.455. The van der Waals surface area contributed by atoms with Crippen molar-refractivity contribution in [1.82, 2.24) is 10.2 Å². The van der Waals surface area contributed by atoms with Gasteiger partial charge in [0.05, 0.1) is 19.3 Å². The van der Waals surface area contributed by atoms with Gasteiger partial charge < -0.3 is 40.5 Å². The van der Waals surface area contributed by atoms with Crippen LogP contribution in [-0.2, 0) is 14.3 Å². The van der Waals surface area contributed by atoms with Gasteiger partial charge >= 0.3 is 0 Å². The van der Waals surface area contributed by atoms with Crippen molar-refractivity contribution in [2.75, 3.05) is 57.9 Å². The van der Waals surface area contributed by atoms with Crippen LogP contribution in [0, 0.1) is 11.3 Å². The van der Waals surface area contributed by atoms with Crippen LogP contribution in [-0.4, -0.2) is 114 Å². The second-order valence-electron chi connectivity index (χ2n) is 11.3. The normalized spacial score (nSPS) is 24.6. The van der Waals surface area contributed by atoms with E-state index in [1.165, 1.54) is 11.3 Å². The number of fused-ring (bicyclic) bond motifs is 1. The Balaban J connectivity index is 1.22. The van der Waals surface area contributed by atoms with Crippen LogP contribution in [0.3, 0.4) is 0 Å². The fourth-order valence-corrected chi connectivity index (χ4v) is 6.67. The second-order valence-corrected chi connectivity index (χ2v) is 12.4. The SMILES string of the molecule is CC(=C(C#N)C(=O)NCC1OC(CCO)C(O)C(O)C1O)c1ccc(-c2ccc3cc(NCCN4CCOCC4)ccc3c2)s1. The maximum absolute atomic E-state index is 13.0. The molecule has 1 amide bonds. The standard InChI is InChI=1S/C33H40N4O7S/c1-20(25(18-34)33(42)36-19-27-31(40)32(41)30(39)26(44-27)8-13-38)28-6-7-29(45-28)23-3-2-22-17-24(5-4-21(22)16-23)35-9-10-37-11-14-43-15-12-37/h2-7,16-17,26-27,30-32,35,38-41H,8-15,19H2,1H3,(H,36,42). The van der Waals surface area contributed by atoms with Gasteiger partial charge in [-0.05, 0) is 65.6 Å². The number of amides is 1. The first kappa shape index (κ1) is 33.0. The van der Waals surface area contributed by atoms with Crippen LogP contribution in [0.2, 0.25) is 0 Å². The number of aliphatic hydroxyl groups is 4. The van der Waals surface area contributed by atoms with Crippen molar-refractivity contribution in [3.05, 3.63) is 59.0 Å². The summed E-state index contributed by atoms with van der Waals surface area (Å²) in [6, 6.07) is 18.5. The van der Waals surface area contributed by atoms with Crippen LogP contribution in [0.5, 0.6) is 0 Å². The van der Waals surface area contributed by atoms with Crippen molar-refractivity contribution in [3.63, 3.8) is 0 Å². The average molecular weight is 637 g/mol. The smallest absolute Gasteiger partial charge is 0.262 e. The lowest BCUT2D eigenvalue weighted by molar-refractivity contribution is -0.222. The Kier molecular flexibility index (Phi) is 11.2. The molecule has 3 heterocycles. The van der Waals surface area contributed by atoms with Crippen molar-refractivity contribution in [2.24, 2.45) is 0 Å². The molecule has 2 fully saturated rings. The molecule has 1 aromatic heterocycles. The number of carbonyl (C=O) groups excluding carboxylic acids is 1. The van der Waals surface area contributed by atoms with Gasteiger partial charge in [-0.25, -0.2) is 0 Å². The molecule has 240 valence electrons. The summed E-state index contributed by atoms with van der Waals surface area (Å²) in [4.78, 5) is 17.2. The number of thiophene rings is 1. The van der Waals surface area contributed by atoms with Crippen molar-refractivity contribution >= 4 is 39.3 Å². The van der Waals surface area contributed by atoms with Gasteiger partial charge in [-0.15, -0.1) is 11.3 Å². The number of aliphatic hydroxyl groups excluding tert-OH is 4. The highest BCUT2D eigenvalue weighted by atomic mass is 32.1. The second kappa shape index (κ2) is 15.3. The molecule has 5 atom stereocenters. The van der Waals surface area contributed by atoms with E-state index in [0.29, 0.717) is 5.57 Å². The quantitative estimate of drug-likeness (QED) is 0.135.